The quantitative estimate of drug-likeness (QED) is 0.732. The van der Waals surface area contributed by atoms with E-state index >= 15 is 0 Å². The van der Waals surface area contributed by atoms with Gasteiger partial charge in [0.15, 0.2) is 0 Å². The van der Waals surface area contributed by atoms with Crippen LogP contribution >= 0.6 is 0 Å². The van der Waals surface area contributed by atoms with Crippen LogP contribution in [0.25, 0.3) is 0 Å². The molecule has 2 aliphatic rings. The van der Waals surface area contributed by atoms with Crippen molar-refractivity contribution in [3.05, 3.63) is 0 Å². The van der Waals surface area contributed by atoms with Crippen molar-refractivity contribution in [1.82, 2.24) is 9.80 Å². The van der Waals surface area contributed by atoms with Crippen molar-refractivity contribution in [3.8, 4) is 0 Å². The average Bonchev–Trinajstić information content (AvgIpc) is 2.47. The summed E-state index contributed by atoms with van der Waals surface area (Å²) in [7, 11) is 1.42. The highest BCUT2D eigenvalue weighted by molar-refractivity contribution is 5.80. The first-order valence-electron chi connectivity index (χ1n) is 7.71. The summed E-state index contributed by atoms with van der Waals surface area (Å²) in [5.41, 5.74) is 0. The molecule has 0 aromatic carbocycles. The number of esters is 1. The fourth-order valence-corrected chi connectivity index (χ4v) is 3.27. The number of amides is 1. The van der Waals surface area contributed by atoms with Crippen molar-refractivity contribution < 1.29 is 14.3 Å². The second kappa shape index (κ2) is 7.07. The topological polar surface area (TPSA) is 49.9 Å². The molecule has 2 unspecified atom stereocenters. The molecular weight excluding hydrogens is 256 g/mol. The summed E-state index contributed by atoms with van der Waals surface area (Å²) in [6.45, 7) is 5.08. The molecule has 0 bridgehead atoms. The lowest BCUT2D eigenvalue weighted by Gasteiger charge is -2.36. The molecular formula is C15H26N2O3. The van der Waals surface area contributed by atoms with Gasteiger partial charge in [-0.25, -0.2) is 0 Å². The van der Waals surface area contributed by atoms with Crippen molar-refractivity contribution in [2.75, 3.05) is 33.3 Å². The van der Waals surface area contributed by atoms with Crippen LogP contribution in [0.1, 0.15) is 39.0 Å². The maximum Gasteiger partial charge on any atom is 0.323 e. The third-order valence-corrected chi connectivity index (χ3v) is 4.43. The number of carbonyl (C=O) groups excluding carboxylic acids is 2. The van der Waals surface area contributed by atoms with Crippen molar-refractivity contribution in [2.45, 2.75) is 45.1 Å². The van der Waals surface area contributed by atoms with Crippen LogP contribution in [-0.4, -0.2) is 61.0 Å². The van der Waals surface area contributed by atoms with Crippen molar-refractivity contribution in [2.24, 2.45) is 5.92 Å². The Balaban J connectivity index is 1.92. The minimum atomic E-state index is -0.236. The predicted molar refractivity (Wildman–Crippen MR) is 76.2 cm³/mol. The van der Waals surface area contributed by atoms with E-state index in [2.05, 4.69) is 6.92 Å². The molecule has 0 saturated carbocycles. The maximum atomic E-state index is 12.4. The first-order chi connectivity index (χ1) is 9.61. The van der Waals surface area contributed by atoms with Gasteiger partial charge in [0.1, 0.15) is 6.04 Å². The summed E-state index contributed by atoms with van der Waals surface area (Å²) < 4.78 is 4.86. The van der Waals surface area contributed by atoms with Gasteiger partial charge in [0, 0.05) is 13.1 Å². The van der Waals surface area contributed by atoms with Gasteiger partial charge >= 0.3 is 5.97 Å². The van der Waals surface area contributed by atoms with Crippen molar-refractivity contribution in [3.63, 3.8) is 0 Å². The molecule has 2 fully saturated rings. The summed E-state index contributed by atoms with van der Waals surface area (Å²) in [5, 5.41) is 0. The number of carbonyl (C=O) groups is 2. The van der Waals surface area contributed by atoms with E-state index in [1.165, 1.54) is 13.5 Å². The Morgan fingerprint density at radius 1 is 1.15 bits per heavy atom. The van der Waals surface area contributed by atoms with Gasteiger partial charge in [-0.2, -0.15) is 0 Å². The number of methoxy groups -OCH3 is 1. The molecule has 114 valence electrons. The molecule has 2 rings (SSSR count). The van der Waals surface area contributed by atoms with E-state index in [4.69, 9.17) is 4.74 Å². The van der Waals surface area contributed by atoms with Crippen LogP contribution in [0.2, 0.25) is 0 Å². The lowest BCUT2D eigenvalue weighted by Crippen LogP contribution is -2.51. The summed E-state index contributed by atoms with van der Waals surface area (Å²) in [4.78, 5) is 28.2. The number of hydrogen-bond acceptors (Lipinski definition) is 4. The maximum absolute atomic E-state index is 12.4. The molecule has 0 aromatic rings. The predicted octanol–water partition coefficient (Wildman–Crippen LogP) is 1.27. The number of hydrogen-bond donors (Lipinski definition) is 0. The molecule has 5 heteroatoms. The molecule has 2 atom stereocenters. The second-order valence-corrected chi connectivity index (χ2v) is 6.09. The highest BCUT2D eigenvalue weighted by Gasteiger charge is 2.32. The third kappa shape index (κ3) is 3.72. The molecule has 0 aliphatic carbocycles. The second-order valence-electron chi connectivity index (χ2n) is 6.09. The molecule has 0 radical (unpaired) electrons. The molecule has 0 aromatic heterocycles. The van der Waals surface area contributed by atoms with E-state index in [9.17, 15) is 9.59 Å². The summed E-state index contributed by atoms with van der Waals surface area (Å²) in [5.74, 6) is 0.544. The van der Waals surface area contributed by atoms with Gasteiger partial charge in [-0.05, 0) is 38.1 Å². The van der Waals surface area contributed by atoms with Crippen LogP contribution in [0.15, 0.2) is 0 Å². The Bertz CT molecular complexity index is 359. The largest absolute Gasteiger partial charge is 0.468 e. The minimum absolute atomic E-state index is 0.160. The first-order valence-corrected chi connectivity index (χ1v) is 7.71. The lowest BCUT2D eigenvalue weighted by atomic mass is 9.99. The van der Waals surface area contributed by atoms with Crippen LogP contribution < -0.4 is 0 Å². The summed E-state index contributed by atoms with van der Waals surface area (Å²) in [6.07, 6.45) is 5.18. The van der Waals surface area contributed by atoms with E-state index in [0.29, 0.717) is 12.5 Å². The molecule has 2 saturated heterocycles. The Kier molecular flexibility index (Phi) is 5.40. The van der Waals surface area contributed by atoms with Crippen molar-refractivity contribution >= 4 is 11.9 Å². The van der Waals surface area contributed by atoms with Crippen LogP contribution in [0, 0.1) is 5.92 Å². The van der Waals surface area contributed by atoms with Crippen LogP contribution in [0.4, 0.5) is 0 Å². The van der Waals surface area contributed by atoms with E-state index in [1.54, 1.807) is 0 Å². The van der Waals surface area contributed by atoms with Gasteiger partial charge in [0.25, 0.3) is 0 Å². The number of likely N-dealkylation sites (tertiary alicyclic amines) is 2. The average molecular weight is 282 g/mol. The van der Waals surface area contributed by atoms with Gasteiger partial charge in [-0.3, -0.25) is 14.5 Å². The summed E-state index contributed by atoms with van der Waals surface area (Å²) >= 11 is 0. The van der Waals surface area contributed by atoms with Crippen LogP contribution in [-0.2, 0) is 14.3 Å². The number of piperidine rings is 2. The van der Waals surface area contributed by atoms with Gasteiger partial charge in [0.05, 0.1) is 13.7 Å². The molecule has 2 heterocycles. The smallest absolute Gasteiger partial charge is 0.323 e. The first kappa shape index (κ1) is 15.3. The van der Waals surface area contributed by atoms with Crippen LogP contribution in [0.3, 0.4) is 0 Å². The molecule has 1 amide bonds. The highest BCUT2D eigenvalue weighted by Crippen LogP contribution is 2.20. The Morgan fingerprint density at radius 2 is 1.95 bits per heavy atom. The Labute approximate surface area is 121 Å². The van der Waals surface area contributed by atoms with Gasteiger partial charge in [0.2, 0.25) is 5.91 Å². The zero-order chi connectivity index (χ0) is 14.5. The molecule has 5 nitrogen and oxygen atoms in total. The van der Waals surface area contributed by atoms with Gasteiger partial charge in [-0.1, -0.05) is 13.3 Å². The van der Waals surface area contributed by atoms with E-state index < -0.39 is 0 Å². The lowest BCUT2D eigenvalue weighted by molar-refractivity contribution is -0.149. The molecule has 0 spiro atoms. The van der Waals surface area contributed by atoms with Crippen molar-refractivity contribution in [1.29, 1.82) is 0 Å². The van der Waals surface area contributed by atoms with Crippen LogP contribution in [0.5, 0.6) is 0 Å². The number of ether oxygens (including phenoxy) is 1. The van der Waals surface area contributed by atoms with E-state index in [-0.39, 0.29) is 17.9 Å². The zero-order valence-corrected chi connectivity index (χ0v) is 12.6. The Morgan fingerprint density at radius 3 is 2.65 bits per heavy atom. The van der Waals surface area contributed by atoms with Gasteiger partial charge < -0.3 is 9.64 Å². The SMILES string of the molecule is COC(=O)C1CCCCN1CC(=O)N1CCCC(C)C1. The summed E-state index contributed by atoms with van der Waals surface area (Å²) in [6, 6.07) is -0.236. The van der Waals surface area contributed by atoms with E-state index in [1.807, 2.05) is 9.80 Å². The zero-order valence-electron chi connectivity index (χ0n) is 12.6. The fraction of sp³-hybridized carbons (Fsp3) is 0.867. The Hall–Kier alpha value is -1.10. The number of rotatable bonds is 3. The number of nitrogens with zero attached hydrogens (tertiary/aromatic N) is 2. The minimum Gasteiger partial charge on any atom is -0.468 e. The molecule has 0 N–H and O–H groups in total. The third-order valence-electron chi connectivity index (χ3n) is 4.43. The van der Waals surface area contributed by atoms with E-state index in [0.717, 1.165) is 45.3 Å². The monoisotopic (exact) mass is 282 g/mol. The normalized spacial score (nSPS) is 28.2. The highest BCUT2D eigenvalue weighted by atomic mass is 16.5. The molecule has 20 heavy (non-hydrogen) atoms. The van der Waals surface area contributed by atoms with Gasteiger partial charge in [-0.15, -0.1) is 0 Å². The fourth-order valence-electron chi connectivity index (χ4n) is 3.27. The standard InChI is InChI=1S/C15H26N2O3/c1-12-6-5-9-17(10-12)14(18)11-16-8-4-3-7-13(16)15(19)20-2/h12-13H,3-11H2,1-2H3. The molecule has 2 aliphatic heterocycles.